The highest BCUT2D eigenvalue weighted by Crippen LogP contribution is 2.18. The molecule has 5 nitrogen and oxygen atoms in total. The van der Waals surface area contributed by atoms with Crippen LogP contribution in [0.1, 0.15) is 19.3 Å². The van der Waals surface area contributed by atoms with Crippen LogP contribution in [0.25, 0.3) is 0 Å². The molecule has 1 rings (SSSR count). The Morgan fingerprint density at radius 3 is 2.63 bits per heavy atom. The van der Waals surface area contributed by atoms with Crippen LogP contribution in [0.4, 0.5) is 13.2 Å². The van der Waals surface area contributed by atoms with Crippen molar-refractivity contribution in [3.8, 4) is 0 Å². The molecule has 0 bridgehead atoms. The standard InChI is InChI=1S/C11H16F3NO4/c12-11(13,14)7-19-5-3-9(16)15-4-1-2-8(6-15)10(17)18/h8H,1-7H2,(H,17,18)/t8-/m1/s1. The van der Waals surface area contributed by atoms with Crippen molar-refractivity contribution in [2.45, 2.75) is 25.4 Å². The lowest BCUT2D eigenvalue weighted by atomic mass is 9.98. The van der Waals surface area contributed by atoms with Crippen molar-refractivity contribution in [3.63, 3.8) is 0 Å². The molecule has 0 aromatic carbocycles. The van der Waals surface area contributed by atoms with Gasteiger partial charge in [0.25, 0.3) is 0 Å². The highest BCUT2D eigenvalue weighted by Gasteiger charge is 2.29. The second-order valence-corrected chi connectivity index (χ2v) is 4.43. The Balaban J connectivity index is 2.27. The summed E-state index contributed by atoms with van der Waals surface area (Å²) in [7, 11) is 0. The maximum Gasteiger partial charge on any atom is 0.411 e. The Morgan fingerprint density at radius 2 is 2.05 bits per heavy atom. The number of hydrogen-bond donors (Lipinski definition) is 1. The number of likely N-dealkylation sites (tertiary alicyclic amines) is 1. The average molecular weight is 283 g/mol. The van der Waals surface area contributed by atoms with Crippen molar-refractivity contribution in [1.82, 2.24) is 4.90 Å². The summed E-state index contributed by atoms with van der Waals surface area (Å²) < 4.78 is 39.7. The first kappa shape index (κ1) is 15.7. The second-order valence-electron chi connectivity index (χ2n) is 4.43. The minimum absolute atomic E-state index is 0.118. The molecule has 1 N–H and O–H groups in total. The Morgan fingerprint density at radius 1 is 1.37 bits per heavy atom. The van der Waals surface area contributed by atoms with Crippen molar-refractivity contribution in [1.29, 1.82) is 0 Å². The fourth-order valence-electron chi connectivity index (χ4n) is 1.91. The van der Waals surface area contributed by atoms with E-state index in [4.69, 9.17) is 5.11 Å². The fraction of sp³-hybridized carbons (Fsp3) is 0.818. The number of carbonyl (C=O) groups excluding carboxylic acids is 1. The molecule has 1 heterocycles. The van der Waals surface area contributed by atoms with Crippen molar-refractivity contribution < 1.29 is 32.6 Å². The maximum absolute atomic E-state index is 11.8. The zero-order valence-corrected chi connectivity index (χ0v) is 10.3. The summed E-state index contributed by atoms with van der Waals surface area (Å²) in [6, 6.07) is 0. The highest BCUT2D eigenvalue weighted by atomic mass is 19.4. The Labute approximate surface area is 108 Å². The largest absolute Gasteiger partial charge is 0.481 e. The van der Waals surface area contributed by atoms with Gasteiger partial charge in [0, 0.05) is 13.1 Å². The van der Waals surface area contributed by atoms with Gasteiger partial charge in [-0.1, -0.05) is 0 Å². The fourth-order valence-corrected chi connectivity index (χ4v) is 1.91. The number of carboxylic acid groups (broad SMARTS) is 1. The van der Waals surface area contributed by atoms with Crippen LogP contribution in [0.2, 0.25) is 0 Å². The van der Waals surface area contributed by atoms with E-state index in [1.54, 1.807) is 0 Å². The first-order valence-electron chi connectivity index (χ1n) is 5.94. The van der Waals surface area contributed by atoms with Crippen molar-refractivity contribution in [2.75, 3.05) is 26.3 Å². The Hall–Kier alpha value is -1.31. The minimum Gasteiger partial charge on any atom is -0.481 e. The van der Waals surface area contributed by atoms with E-state index in [0.29, 0.717) is 19.4 Å². The Kier molecular flexibility index (Phi) is 5.59. The van der Waals surface area contributed by atoms with Gasteiger partial charge in [-0.25, -0.2) is 0 Å². The SMILES string of the molecule is O=C(O)[C@@H]1CCCN(C(=O)CCOCC(F)(F)F)C1. The van der Waals surface area contributed by atoms with Crippen LogP contribution in [0.3, 0.4) is 0 Å². The summed E-state index contributed by atoms with van der Waals surface area (Å²) in [5.41, 5.74) is 0. The predicted molar refractivity (Wildman–Crippen MR) is 58.4 cm³/mol. The molecule has 0 unspecified atom stereocenters. The lowest BCUT2D eigenvalue weighted by molar-refractivity contribution is -0.175. The van der Waals surface area contributed by atoms with Crippen LogP contribution in [-0.4, -0.2) is 54.4 Å². The molecule has 0 aliphatic carbocycles. The quantitative estimate of drug-likeness (QED) is 0.772. The molecule has 1 atom stereocenters. The average Bonchev–Trinajstić information content (AvgIpc) is 2.33. The molecule has 1 amide bonds. The third kappa shape index (κ3) is 5.91. The number of amides is 1. The molecule has 0 spiro atoms. The first-order valence-corrected chi connectivity index (χ1v) is 5.94. The van der Waals surface area contributed by atoms with Gasteiger partial charge >= 0.3 is 12.1 Å². The molecule has 0 radical (unpaired) electrons. The van der Waals surface area contributed by atoms with E-state index in [0.717, 1.165) is 0 Å². The molecular weight excluding hydrogens is 267 g/mol. The van der Waals surface area contributed by atoms with Crippen LogP contribution < -0.4 is 0 Å². The van der Waals surface area contributed by atoms with Gasteiger partial charge in [-0.05, 0) is 12.8 Å². The van der Waals surface area contributed by atoms with Crippen molar-refractivity contribution in [3.05, 3.63) is 0 Å². The molecule has 8 heteroatoms. The number of ether oxygens (including phenoxy) is 1. The molecule has 1 aliphatic heterocycles. The van der Waals surface area contributed by atoms with E-state index in [1.165, 1.54) is 4.90 Å². The lowest BCUT2D eigenvalue weighted by Gasteiger charge is -2.30. The van der Waals surface area contributed by atoms with Gasteiger partial charge in [-0.15, -0.1) is 0 Å². The number of halogens is 3. The molecule has 0 aromatic rings. The summed E-state index contributed by atoms with van der Waals surface area (Å²) >= 11 is 0. The summed E-state index contributed by atoms with van der Waals surface area (Å²) in [6.07, 6.45) is -3.46. The smallest absolute Gasteiger partial charge is 0.411 e. The Bertz CT molecular complexity index is 332. The summed E-state index contributed by atoms with van der Waals surface area (Å²) in [5.74, 6) is -1.91. The first-order chi connectivity index (χ1) is 8.79. The van der Waals surface area contributed by atoms with Crippen LogP contribution in [0, 0.1) is 5.92 Å². The van der Waals surface area contributed by atoms with E-state index in [9.17, 15) is 22.8 Å². The molecule has 0 saturated carbocycles. The summed E-state index contributed by atoms with van der Waals surface area (Å²) in [5, 5.41) is 8.85. The number of carboxylic acids is 1. The lowest BCUT2D eigenvalue weighted by Crippen LogP contribution is -2.42. The predicted octanol–water partition coefficient (Wildman–Crippen LogP) is 1.28. The van der Waals surface area contributed by atoms with E-state index < -0.39 is 24.7 Å². The van der Waals surface area contributed by atoms with Crippen LogP contribution in [0.15, 0.2) is 0 Å². The van der Waals surface area contributed by atoms with E-state index >= 15 is 0 Å². The monoisotopic (exact) mass is 283 g/mol. The minimum atomic E-state index is -4.40. The molecule has 110 valence electrons. The highest BCUT2D eigenvalue weighted by molar-refractivity contribution is 5.78. The number of aliphatic carboxylic acids is 1. The number of alkyl halides is 3. The van der Waals surface area contributed by atoms with Gasteiger partial charge in [0.15, 0.2) is 0 Å². The van der Waals surface area contributed by atoms with Gasteiger partial charge in [-0.2, -0.15) is 13.2 Å². The van der Waals surface area contributed by atoms with Gasteiger partial charge in [0.1, 0.15) is 6.61 Å². The van der Waals surface area contributed by atoms with Crippen LogP contribution in [-0.2, 0) is 14.3 Å². The van der Waals surface area contributed by atoms with E-state index in [2.05, 4.69) is 4.74 Å². The van der Waals surface area contributed by atoms with Gasteiger partial charge in [0.05, 0.1) is 18.9 Å². The number of piperidine rings is 1. The molecule has 1 saturated heterocycles. The number of rotatable bonds is 5. The maximum atomic E-state index is 11.8. The molecule has 1 aliphatic rings. The third-order valence-corrected chi connectivity index (χ3v) is 2.85. The summed E-state index contributed by atoms with van der Waals surface area (Å²) in [4.78, 5) is 23.8. The van der Waals surface area contributed by atoms with Gasteiger partial charge < -0.3 is 14.7 Å². The van der Waals surface area contributed by atoms with Crippen LogP contribution in [0.5, 0.6) is 0 Å². The van der Waals surface area contributed by atoms with Gasteiger partial charge in [-0.3, -0.25) is 9.59 Å². The normalized spacial score (nSPS) is 20.4. The molecule has 19 heavy (non-hydrogen) atoms. The summed E-state index contributed by atoms with van der Waals surface area (Å²) in [6.45, 7) is -1.13. The number of carbonyl (C=O) groups is 2. The second kappa shape index (κ2) is 6.74. The zero-order valence-electron chi connectivity index (χ0n) is 10.3. The number of hydrogen-bond acceptors (Lipinski definition) is 3. The number of nitrogens with zero attached hydrogens (tertiary/aromatic N) is 1. The molecular formula is C11H16F3NO4. The third-order valence-electron chi connectivity index (χ3n) is 2.85. The van der Waals surface area contributed by atoms with Crippen molar-refractivity contribution >= 4 is 11.9 Å². The van der Waals surface area contributed by atoms with Crippen molar-refractivity contribution in [2.24, 2.45) is 5.92 Å². The van der Waals surface area contributed by atoms with E-state index in [-0.39, 0.29) is 25.5 Å². The zero-order chi connectivity index (χ0) is 14.5. The molecule has 1 fully saturated rings. The van der Waals surface area contributed by atoms with Gasteiger partial charge in [0.2, 0.25) is 5.91 Å². The topological polar surface area (TPSA) is 66.8 Å². The van der Waals surface area contributed by atoms with E-state index in [1.807, 2.05) is 0 Å². The molecule has 0 aromatic heterocycles. The van der Waals surface area contributed by atoms with Crippen LogP contribution >= 0.6 is 0 Å².